The van der Waals surface area contributed by atoms with Crippen LogP contribution in [0.15, 0.2) is 17.0 Å². The van der Waals surface area contributed by atoms with E-state index in [2.05, 4.69) is 31.2 Å². The van der Waals surface area contributed by atoms with Crippen LogP contribution in [0.25, 0.3) is 11.0 Å². The smallest absolute Gasteiger partial charge is 0.164 e. The number of aromatic nitrogens is 3. The van der Waals surface area contributed by atoms with Crippen molar-refractivity contribution in [3.8, 4) is 0 Å². The summed E-state index contributed by atoms with van der Waals surface area (Å²) in [7, 11) is 1.75. The molecule has 8 nitrogen and oxygen atoms in total. The lowest BCUT2D eigenvalue weighted by atomic mass is 10.1. The third-order valence-electron chi connectivity index (χ3n) is 3.59. The van der Waals surface area contributed by atoms with Crippen LogP contribution in [0.1, 0.15) is 6.23 Å². The molecule has 1 saturated heterocycles. The summed E-state index contributed by atoms with van der Waals surface area (Å²) in [4.78, 5) is 8.35. The molecule has 114 valence electrons. The van der Waals surface area contributed by atoms with Gasteiger partial charge in [0.15, 0.2) is 6.23 Å². The van der Waals surface area contributed by atoms with Gasteiger partial charge < -0.3 is 29.9 Å². The predicted octanol–water partition coefficient (Wildman–Crippen LogP) is -0.153. The highest BCUT2D eigenvalue weighted by Gasteiger charge is 2.44. The molecule has 0 spiro atoms. The predicted molar refractivity (Wildman–Crippen MR) is 77.8 cm³/mol. The Hall–Kier alpha value is -1.26. The van der Waals surface area contributed by atoms with E-state index < -0.39 is 24.5 Å². The van der Waals surface area contributed by atoms with Crippen molar-refractivity contribution in [3.05, 3.63) is 17.0 Å². The molecule has 3 rings (SSSR count). The van der Waals surface area contributed by atoms with Gasteiger partial charge >= 0.3 is 0 Å². The van der Waals surface area contributed by atoms with Crippen LogP contribution in [-0.4, -0.2) is 61.8 Å². The minimum atomic E-state index is -1.15. The summed E-state index contributed by atoms with van der Waals surface area (Å²) in [6.07, 6.45) is -0.851. The minimum absolute atomic E-state index is 0.369. The monoisotopic (exact) mass is 358 g/mol. The number of fused-ring (bicyclic) bond motifs is 1. The van der Waals surface area contributed by atoms with E-state index >= 15 is 0 Å². The zero-order valence-corrected chi connectivity index (χ0v) is 12.7. The fourth-order valence-electron chi connectivity index (χ4n) is 2.53. The third-order valence-corrected chi connectivity index (χ3v) is 4.19. The van der Waals surface area contributed by atoms with Crippen LogP contribution < -0.4 is 5.32 Å². The molecule has 1 aliphatic rings. The highest BCUT2D eigenvalue weighted by Crippen LogP contribution is 2.36. The molecule has 0 radical (unpaired) electrons. The molecule has 4 atom stereocenters. The lowest BCUT2D eigenvalue weighted by Crippen LogP contribution is -2.33. The summed E-state index contributed by atoms with van der Waals surface area (Å²) in [5.74, 6) is 0.636. The van der Waals surface area contributed by atoms with Crippen molar-refractivity contribution in [2.24, 2.45) is 0 Å². The number of aliphatic hydroxyl groups excluding tert-OH is 3. The van der Waals surface area contributed by atoms with Crippen molar-refractivity contribution in [2.75, 3.05) is 19.0 Å². The van der Waals surface area contributed by atoms with E-state index in [9.17, 15) is 10.2 Å². The standard InChI is InChI=1S/C12H15BrN4O4/c1-14-10-7-5(13)2-17(11(7)16-4-15-10)12-9(20)8(19)6(3-18)21-12/h2,4,6,8-9,12,18-20H,3H2,1H3,(H,14,15,16). The first-order valence-corrected chi connectivity index (χ1v) is 7.19. The maximum Gasteiger partial charge on any atom is 0.164 e. The summed E-state index contributed by atoms with van der Waals surface area (Å²) < 4.78 is 7.88. The molecule has 4 unspecified atom stereocenters. The Morgan fingerprint density at radius 1 is 1.38 bits per heavy atom. The number of hydrogen-bond donors (Lipinski definition) is 4. The number of rotatable bonds is 3. The van der Waals surface area contributed by atoms with Gasteiger partial charge in [0.05, 0.1) is 12.0 Å². The topological polar surface area (TPSA) is 113 Å². The van der Waals surface area contributed by atoms with E-state index in [0.717, 1.165) is 9.86 Å². The molecule has 0 bridgehead atoms. The lowest BCUT2D eigenvalue weighted by Gasteiger charge is -2.17. The Kier molecular flexibility index (Phi) is 3.84. The van der Waals surface area contributed by atoms with E-state index in [1.54, 1.807) is 17.8 Å². The van der Waals surface area contributed by atoms with Crippen molar-refractivity contribution in [3.63, 3.8) is 0 Å². The van der Waals surface area contributed by atoms with Crippen LogP contribution >= 0.6 is 15.9 Å². The van der Waals surface area contributed by atoms with E-state index in [1.807, 2.05) is 0 Å². The minimum Gasteiger partial charge on any atom is -0.394 e. The number of hydrogen-bond acceptors (Lipinski definition) is 7. The molecule has 0 aliphatic carbocycles. The van der Waals surface area contributed by atoms with Crippen LogP contribution in [0, 0.1) is 0 Å². The first-order valence-electron chi connectivity index (χ1n) is 6.39. The zero-order valence-electron chi connectivity index (χ0n) is 11.1. The first kappa shape index (κ1) is 14.7. The number of nitrogens with zero attached hydrogens (tertiary/aromatic N) is 3. The summed E-state index contributed by atoms with van der Waals surface area (Å²) in [5, 5.41) is 32.9. The zero-order chi connectivity index (χ0) is 15.1. The number of halogens is 1. The lowest BCUT2D eigenvalue weighted by molar-refractivity contribution is -0.0509. The van der Waals surface area contributed by atoms with Crippen LogP contribution in [0.2, 0.25) is 0 Å². The average molecular weight is 359 g/mol. The molecule has 1 aliphatic heterocycles. The fraction of sp³-hybridized carbons (Fsp3) is 0.500. The second-order valence-corrected chi connectivity index (χ2v) is 5.64. The van der Waals surface area contributed by atoms with Gasteiger partial charge in [-0.3, -0.25) is 0 Å². The number of anilines is 1. The molecule has 9 heteroatoms. The van der Waals surface area contributed by atoms with E-state index in [-0.39, 0.29) is 6.61 Å². The first-order chi connectivity index (χ1) is 10.1. The van der Waals surface area contributed by atoms with Crippen LogP contribution in [0.5, 0.6) is 0 Å². The Labute approximate surface area is 128 Å². The molecule has 1 fully saturated rings. The van der Waals surface area contributed by atoms with Gasteiger partial charge in [0.25, 0.3) is 0 Å². The summed E-state index contributed by atoms with van der Waals surface area (Å²) in [6, 6.07) is 0. The quantitative estimate of drug-likeness (QED) is 0.603. The SMILES string of the molecule is CNc1ncnc2c1c(Br)cn2C1OC(CO)C(O)C1O. The normalized spacial score (nSPS) is 29.2. The Balaban J connectivity index is 2.10. The largest absolute Gasteiger partial charge is 0.394 e. The molecule has 0 aromatic carbocycles. The van der Waals surface area contributed by atoms with Gasteiger partial charge in [-0.25, -0.2) is 9.97 Å². The molecule has 0 amide bonds. The summed E-state index contributed by atoms with van der Waals surface area (Å²) in [6.45, 7) is -0.369. The van der Waals surface area contributed by atoms with Gasteiger partial charge in [0.2, 0.25) is 0 Å². The van der Waals surface area contributed by atoms with Gasteiger partial charge in [-0.15, -0.1) is 0 Å². The van der Waals surface area contributed by atoms with Crippen molar-refractivity contribution in [1.82, 2.24) is 14.5 Å². The van der Waals surface area contributed by atoms with Crippen molar-refractivity contribution >= 4 is 32.8 Å². The summed E-state index contributed by atoms with van der Waals surface area (Å²) in [5.41, 5.74) is 0.552. The number of nitrogens with one attached hydrogen (secondary N) is 1. The third kappa shape index (κ3) is 2.21. The van der Waals surface area contributed by atoms with Crippen molar-refractivity contribution in [1.29, 1.82) is 0 Å². The molecular weight excluding hydrogens is 344 g/mol. The highest BCUT2D eigenvalue weighted by atomic mass is 79.9. The van der Waals surface area contributed by atoms with Crippen LogP contribution in [0.3, 0.4) is 0 Å². The molecule has 3 heterocycles. The second-order valence-electron chi connectivity index (χ2n) is 4.78. The molecular formula is C12H15BrN4O4. The maximum atomic E-state index is 10.1. The molecule has 21 heavy (non-hydrogen) atoms. The second kappa shape index (κ2) is 5.50. The Morgan fingerprint density at radius 2 is 2.14 bits per heavy atom. The molecule has 4 N–H and O–H groups in total. The van der Waals surface area contributed by atoms with Crippen molar-refractivity contribution < 1.29 is 20.1 Å². The number of ether oxygens (including phenoxy) is 1. The fourth-order valence-corrected chi connectivity index (χ4v) is 3.12. The Morgan fingerprint density at radius 3 is 2.76 bits per heavy atom. The van der Waals surface area contributed by atoms with Gasteiger partial charge in [-0.2, -0.15) is 0 Å². The molecule has 0 saturated carbocycles. The van der Waals surface area contributed by atoms with Crippen LogP contribution in [0.4, 0.5) is 5.82 Å². The maximum absolute atomic E-state index is 10.1. The van der Waals surface area contributed by atoms with Gasteiger partial charge in [0, 0.05) is 17.7 Å². The molecule has 2 aromatic heterocycles. The van der Waals surface area contributed by atoms with E-state index in [0.29, 0.717) is 11.5 Å². The van der Waals surface area contributed by atoms with E-state index in [1.165, 1.54) is 6.33 Å². The summed E-state index contributed by atoms with van der Waals surface area (Å²) >= 11 is 3.43. The van der Waals surface area contributed by atoms with Gasteiger partial charge in [-0.1, -0.05) is 0 Å². The number of aliphatic hydroxyl groups is 3. The van der Waals surface area contributed by atoms with E-state index in [4.69, 9.17) is 9.84 Å². The van der Waals surface area contributed by atoms with Crippen molar-refractivity contribution in [2.45, 2.75) is 24.5 Å². The van der Waals surface area contributed by atoms with Gasteiger partial charge in [-0.05, 0) is 15.9 Å². The highest BCUT2D eigenvalue weighted by molar-refractivity contribution is 9.10. The average Bonchev–Trinajstić information content (AvgIpc) is 2.98. The Bertz CT molecular complexity index is 664. The molecule has 2 aromatic rings. The van der Waals surface area contributed by atoms with Crippen LogP contribution in [-0.2, 0) is 4.74 Å². The van der Waals surface area contributed by atoms with Gasteiger partial charge in [0.1, 0.15) is 36.1 Å².